The fourth-order valence-corrected chi connectivity index (χ4v) is 2.25. The lowest BCUT2D eigenvalue weighted by Gasteiger charge is -2.25. The molecule has 0 aliphatic carbocycles. The molecule has 128 valence electrons. The van der Waals surface area contributed by atoms with E-state index >= 15 is 0 Å². The maximum absolute atomic E-state index is 12.0. The second-order valence-corrected chi connectivity index (χ2v) is 6.58. The molecule has 0 aromatic carbocycles. The molecule has 1 rings (SSSR count). The highest BCUT2D eigenvalue weighted by Crippen LogP contribution is 2.15. The van der Waals surface area contributed by atoms with Crippen LogP contribution in [0, 0.1) is 0 Å². The summed E-state index contributed by atoms with van der Waals surface area (Å²) in [5.74, 6) is -0.0623. The van der Waals surface area contributed by atoms with Crippen LogP contribution in [0.1, 0.15) is 34.1 Å². The SMILES string of the molecule is COCCNC(=O)C(C)NC1CCN(C(=O)OC(C)(C)C)C1. The zero-order chi connectivity index (χ0) is 16.8. The summed E-state index contributed by atoms with van der Waals surface area (Å²) in [7, 11) is 1.59. The predicted octanol–water partition coefficient (Wildman–Crippen LogP) is 0.737. The minimum atomic E-state index is -0.489. The number of carbonyl (C=O) groups is 2. The average Bonchev–Trinajstić information content (AvgIpc) is 2.85. The second-order valence-electron chi connectivity index (χ2n) is 6.58. The Morgan fingerprint density at radius 3 is 2.64 bits per heavy atom. The molecule has 0 aromatic heterocycles. The van der Waals surface area contributed by atoms with E-state index in [1.165, 1.54) is 0 Å². The van der Waals surface area contributed by atoms with Crippen LogP contribution in [0.3, 0.4) is 0 Å². The van der Waals surface area contributed by atoms with Gasteiger partial charge in [-0.05, 0) is 34.1 Å². The minimum absolute atomic E-state index is 0.0623. The summed E-state index contributed by atoms with van der Waals surface area (Å²) in [5, 5.41) is 6.04. The summed E-state index contributed by atoms with van der Waals surface area (Å²) in [6.45, 7) is 9.56. The second kappa shape index (κ2) is 8.33. The van der Waals surface area contributed by atoms with E-state index in [0.29, 0.717) is 26.2 Å². The van der Waals surface area contributed by atoms with Crippen molar-refractivity contribution in [2.45, 2.75) is 51.8 Å². The van der Waals surface area contributed by atoms with Gasteiger partial charge in [0.15, 0.2) is 0 Å². The van der Waals surface area contributed by atoms with Gasteiger partial charge in [-0.2, -0.15) is 0 Å². The van der Waals surface area contributed by atoms with E-state index in [4.69, 9.17) is 9.47 Å². The standard InChI is InChI=1S/C15H29N3O4/c1-11(13(19)16-7-9-21-5)17-12-6-8-18(10-12)14(20)22-15(2,3)4/h11-12,17H,6-10H2,1-5H3,(H,16,19). The van der Waals surface area contributed by atoms with Crippen LogP contribution in [0.4, 0.5) is 4.79 Å². The Hall–Kier alpha value is -1.34. The topological polar surface area (TPSA) is 79.9 Å². The van der Waals surface area contributed by atoms with Crippen molar-refractivity contribution in [1.82, 2.24) is 15.5 Å². The molecule has 1 saturated heterocycles. The summed E-state index contributed by atoms with van der Waals surface area (Å²) in [4.78, 5) is 25.5. The molecule has 2 atom stereocenters. The highest BCUT2D eigenvalue weighted by Gasteiger charge is 2.31. The van der Waals surface area contributed by atoms with Crippen molar-refractivity contribution in [1.29, 1.82) is 0 Å². The van der Waals surface area contributed by atoms with Crippen LogP contribution in [-0.4, -0.2) is 67.9 Å². The Kier molecular flexibility index (Phi) is 7.09. The van der Waals surface area contributed by atoms with Crippen molar-refractivity contribution in [3.63, 3.8) is 0 Å². The van der Waals surface area contributed by atoms with Gasteiger partial charge in [-0.25, -0.2) is 4.79 Å². The van der Waals surface area contributed by atoms with Gasteiger partial charge >= 0.3 is 6.09 Å². The highest BCUT2D eigenvalue weighted by atomic mass is 16.6. The Labute approximate surface area is 132 Å². The molecule has 7 heteroatoms. The van der Waals surface area contributed by atoms with Crippen LogP contribution < -0.4 is 10.6 Å². The first-order chi connectivity index (χ1) is 10.2. The molecular formula is C15H29N3O4. The van der Waals surface area contributed by atoms with Crippen molar-refractivity contribution in [2.24, 2.45) is 0 Å². The molecule has 2 unspecified atom stereocenters. The normalized spacial score (nSPS) is 19.9. The molecular weight excluding hydrogens is 286 g/mol. The third kappa shape index (κ3) is 6.62. The van der Waals surface area contributed by atoms with Crippen LogP contribution >= 0.6 is 0 Å². The molecule has 0 bridgehead atoms. The van der Waals surface area contributed by atoms with Crippen LogP contribution in [0.25, 0.3) is 0 Å². The molecule has 1 fully saturated rings. The zero-order valence-corrected chi connectivity index (χ0v) is 14.3. The maximum Gasteiger partial charge on any atom is 0.410 e. The van der Waals surface area contributed by atoms with Crippen LogP contribution in [0.2, 0.25) is 0 Å². The fraction of sp³-hybridized carbons (Fsp3) is 0.867. The lowest BCUT2D eigenvalue weighted by Crippen LogP contribution is -2.48. The summed E-state index contributed by atoms with van der Waals surface area (Å²) in [5.41, 5.74) is -0.489. The number of hydrogen-bond acceptors (Lipinski definition) is 5. The average molecular weight is 315 g/mol. The largest absolute Gasteiger partial charge is 0.444 e. The molecule has 2 N–H and O–H groups in total. The summed E-state index contributed by atoms with van der Waals surface area (Å²) >= 11 is 0. The number of ether oxygens (including phenoxy) is 2. The van der Waals surface area contributed by atoms with Crippen molar-refractivity contribution in [3.8, 4) is 0 Å². The van der Waals surface area contributed by atoms with E-state index in [9.17, 15) is 9.59 Å². The smallest absolute Gasteiger partial charge is 0.410 e. The van der Waals surface area contributed by atoms with E-state index in [1.807, 2.05) is 27.7 Å². The highest BCUT2D eigenvalue weighted by molar-refractivity contribution is 5.81. The van der Waals surface area contributed by atoms with Crippen LogP contribution in [0.15, 0.2) is 0 Å². The number of rotatable bonds is 6. The number of likely N-dealkylation sites (tertiary alicyclic amines) is 1. The molecule has 1 heterocycles. The van der Waals surface area contributed by atoms with Gasteiger partial charge in [0, 0.05) is 32.8 Å². The van der Waals surface area contributed by atoms with Gasteiger partial charge < -0.3 is 25.0 Å². The fourth-order valence-electron chi connectivity index (χ4n) is 2.25. The summed E-state index contributed by atoms with van der Waals surface area (Å²) in [6.07, 6.45) is 0.517. The lowest BCUT2D eigenvalue weighted by molar-refractivity contribution is -0.123. The quantitative estimate of drug-likeness (QED) is 0.707. The first-order valence-corrected chi connectivity index (χ1v) is 7.73. The van der Waals surface area contributed by atoms with Gasteiger partial charge in [0.25, 0.3) is 0 Å². The number of nitrogens with zero attached hydrogens (tertiary/aromatic N) is 1. The van der Waals surface area contributed by atoms with Crippen LogP contribution in [-0.2, 0) is 14.3 Å². The van der Waals surface area contributed by atoms with Crippen molar-refractivity contribution in [2.75, 3.05) is 33.4 Å². The lowest BCUT2D eigenvalue weighted by atomic mass is 10.2. The Balaban J connectivity index is 2.34. The zero-order valence-electron chi connectivity index (χ0n) is 14.3. The minimum Gasteiger partial charge on any atom is -0.444 e. The first kappa shape index (κ1) is 18.7. The third-order valence-corrected chi connectivity index (χ3v) is 3.32. The number of nitrogens with one attached hydrogen (secondary N) is 2. The molecule has 1 aliphatic rings. The van der Waals surface area contributed by atoms with Gasteiger partial charge in [0.2, 0.25) is 5.91 Å². The molecule has 0 radical (unpaired) electrons. The summed E-state index contributed by atoms with van der Waals surface area (Å²) in [6, 6.07) is -0.198. The van der Waals surface area contributed by atoms with Crippen molar-refractivity contribution >= 4 is 12.0 Å². The van der Waals surface area contributed by atoms with Crippen molar-refractivity contribution < 1.29 is 19.1 Å². The summed E-state index contributed by atoms with van der Waals surface area (Å²) < 4.78 is 10.2. The molecule has 0 aromatic rings. The van der Waals surface area contributed by atoms with E-state index in [1.54, 1.807) is 12.0 Å². The Morgan fingerprint density at radius 1 is 1.36 bits per heavy atom. The molecule has 0 spiro atoms. The molecule has 1 aliphatic heterocycles. The maximum atomic E-state index is 12.0. The third-order valence-electron chi connectivity index (χ3n) is 3.32. The number of amides is 2. The number of carbonyl (C=O) groups excluding carboxylic acids is 2. The van der Waals surface area contributed by atoms with Gasteiger partial charge in [-0.15, -0.1) is 0 Å². The number of methoxy groups -OCH3 is 1. The monoisotopic (exact) mass is 315 g/mol. The Bertz CT molecular complexity index is 381. The predicted molar refractivity (Wildman–Crippen MR) is 83.7 cm³/mol. The van der Waals surface area contributed by atoms with Gasteiger partial charge in [0.05, 0.1) is 12.6 Å². The van der Waals surface area contributed by atoms with E-state index in [2.05, 4.69) is 10.6 Å². The van der Waals surface area contributed by atoms with Gasteiger partial charge in [-0.3, -0.25) is 4.79 Å². The first-order valence-electron chi connectivity index (χ1n) is 7.73. The number of hydrogen-bond donors (Lipinski definition) is 2. The molecule has 7 nitrogen and oxygen atoms in total. The molecule has 22 heavy (non-hydrogen) atoms. The van der Waals surface area contributed by atoms with E-state index in [0.717, 1.165) is 6.42 Å². The van der Waals surface area contributed by atoms with Gasteiger partial charge in [0.1, 0.15) is 5.60 Å². The van der Waals surface area contributed by atoms with E-state index in [-0.39, 0.29) is 24.1 Å². The van der Waals surface area contributed by atoms with E-state index < -0.39 is 5.60 Å². The molecule has 0 saturated carbocycles. The van der Waals surface area contributed by atoms with Crippen LogP contribution in [0.5, 0.6) is 0 Å². The Morgan fingerprint density at radius 2 is 2.05 bits per heavy atom. The molecule has 2 amide bonds. The van der Waals surface area contributed by atoms with Gasteiger partial charge in [-0.1, -0.05) is 0 Å². The van der Waals surface area contributed by atoms with Crippen molar-refractivity contribution in [3.05, 3.63) is 0 Å².